The van der Waals surface area contributed by atoms with Gasteiger partial charge in [-0.3, -0.25) is 4.72 Å². The van der Waals surface area contributed by atoms with E-state index < -0.39 is 0 Å². The van der Waals surface area contributed by atoms with E-state index in [9.17, 15) is 9.18 Å². The second-order valence-electron chi connectivity index (χ2n) is 9.39. The van der Waals surface area contributed by atoms with E-state index in [1.807, 2.05) is 42.5 Å². The first kappa shape index (κ1) is 25.9. The van der Waals surface area contributed by atoms with Gasteiger partial charge in [0.25, 0.3) is 0 Å². The molecule has 0 radical (unpaired) electrons. The highest BCUT2D eigenvalue weighted by molar-refractivity contribution is 7.97. The molecule has 10 heteroatoms. The number of piperidine rings is 1. The van der Waals surface area contributed by atoms with Gasteiger partial charge in [0.05, 0.1) is 29.0 Å². The van der Waals surface area contributed by atoms with Crippen molar-refractivity contribution in [3.05, 3.63) is 84.2 Å². The summed E-state index contributed by atoms with van der Waals surface area (Å²) in [6, 6.07) is 22.0. The van der Waals surface area contributed by atoms with Crippen LogP contribution in [-0.4, -0.2) is 51.9 Å². The van der Waals surface area contributed by atoms with E-state index in [2.05, 4.69) is 30.9 Å². The standard InChI is InChI=1S/C28H32FN7OS/c29-21-11-9-20(10-12-21)19-36-26-8-4-3-7-25(26)32-27(36)31-22-13-15-35(16-14-22)17-18-38-34-28(37)33-24-6-2-1-5-23(24)30/h1-12,22H,13-19,30H2,(H,31,32)(H2,33,34,37). The molecule has 38 heavy (non-hydrogen) atoms. The monoisotopic (exact) mass is 533 g/mol. The van der Waals surface area contributed by atoms with Crippen LogP contribution in [0.1, 0.15) is 18.4 Å². The van der Waals surface area contributed by atoms with Gasteiger partial charge in [0.15, 0.2) is 0 Å². The Bertz CT molecular complexity index is 1370. The smallest absolute Gasteiger partial charge is 0.329 e. The van der Waals surface area contributed by atoms with E-state index in [0.717, 1.165) is 60.8 Å². The highest BCUT2D eigenvalue weighted by atomic mass is 32.2. The van der Waals surface area contributed by atoms with Crippen molar-refractivity contribution in [3.8, 4) is 0 Å². The van der Waals surface area contributed by atoms with Gasteiger partial charge >= 0.3 is 6.03 Å². The van der Waals surface area contributed by atoms with E-state index in [1.54, 1.807) is 12.1 Å². The number of nitrogen functional groups attached to an aromatic ring is 1. The summed E-state index contributed by atoms with van der Waals surface area (Å²) in [5.74, 6) is 1.41. The molecular formula is C28H32FN7OS. The highest BCUT2D eigenvalue weighted by Crippen LogP contribution is 2.24. The molecule has 0 atom stereocenters. The molecule has 0 saturated carbocycles. The fourth-order valence-electron chi connectivity index (χ4n) is 4.65. The Hall–Kier alpha value is -3.76. The molecule has 0 aliphatic carbocycles. The average molecular weight is 534 g/mol. The highest BCUT2D eigenvalue weighted by Gasteiger charge is 2.21. The summed E-state index contributed by atoms with van der Waals surface area (Å²) in [4.78, 5) is 19.4. The van der Waals surface area contributed by atoms with E-state index in [4.69, 9.17) is 10.7 Å². The van der Waals surface area contributed by atoms with Crippen LogP contribution in [-0.2, 0) is 6.54 Å². The quantitative estimate of drug-likeness (QED) is 0.135. The predicted octanol–water partition coefficient (Wildman–Crippen LogP) is 5.15. The number of nitrogens with zero attached hydrogens (tertiary/aromatic N) is 3. The minimum atomic E-state index is -0.278. The van der Waals surface area contributed by atoms with E-state index in [1.165, 1.54) is 24.1 Å². The van der Waals surface area contributed by atoms with Crippen LogP contribution in [0.2, 0.25) is 0 Å². The van der Waals surface area contributed by atoms with Crippen molar-refractivity contribution in [1.29, 1.82) is 0 Å². The van der Waals surface area contributed by atoms with Gasteiger partial charge in [-0.25, -0.2) is 14.2 Å². The lowest BCUT2D eigenvalue weighted by atomic mass is 10.1. The molecule has 0 unspecified atom stereocenters. The number of para-hydroxylation sites is 4. The zero-order valence-electron chi connectivity index (χ0n) is 21.1. The predicted molar refractivity (Wildman–Crippen MR) is 154 cm³/mol. The fraction of sp³-hybridized carbons (Fsp3) is 0.286. The molecule has 5 rings (SSSR count). The first-order chi connectivity index (χ1) is 18.5. The number of nitrogens with two attached hydrogens (primary N) is 1. The molecule has 1 aliphatic heterocycles. The van der Waals surface area contributed by atoms with Crippen molar-refractivity contribution in [1.82, 2.24) is 19.2 Å². The molecule has 2 heterocycles. The number of urea groups is 1. The summed E-state index contributed by atoms with van der Waals surface area (Å²) < 4.78 is 18.4. The van der Waals surface area contributed by atoms with Crippen LogP contribution in [0.25, 0.3) is 11.0 Å². The minimum Gasteiger partial charge on any atom is -0.397 e. The molecule has 198 valence electrons. The number of imidazole rings is 1. The number of carbonyl (C=O) groups excluding carboxylic acids is 1. The summed E-state index contributed by atoms with van der Waals surface area (Å²) >= 11 is 1.39. The summed E-state index contributed by atoms with van der Waals surface area (Å²) in [7, 11) is 0. The van der Waals surface area contributed by atoms with E-state index in [0.29, 0.717) is 24.0 Å². The number of likely N-dealkylation sites (tertiary alicyclic amines) is 1. The summed E-state index contributed by atoms with van der Waals surface area (Å²) in [5, 5.41) is 6.44. The van der Waals surface area contributed by atoms with Gasteiger partial charge in [0, 0.05) is 31.4 Å². The van der Waals surface area contributed by atoms with Crippen molar-refractivity contribution < 1.29 is 9.18 Å². The molecule has 1 aliphatic rings. The number of fused-ring (bicyclic) bond motifs is 1. The Kier molecular flexibility index (Phi) is 8.30. The van der Waals surface area contributed by atoms with Crippen LogP contribution in [0, 0.1) is 5.82 Å². The van der Waals surface area contributed by atoms with Gasteiger partial charge in [-0.05, 0) is 66.8 Å². The Morgan fingerprint density at radius 2 is 1.76 bits per heavy atom. The Morgan fingerprint density at radius 3 is 2.55 bits per heavy atom. The third-order valence-corrected chi connectivity index (χ3v) is 7.43. The van der Waals surface area contributed by atoms with Gasteiger partial charge in [0.1, 0.15) is 5.82 Å². The summed E-state index contributed by atoms with van der Waals surface area (Å²) in [6.07, 6.45) is 2.01. The number of nitrogens with one attached hydrogen (secondary N) is 3. The second kappa shape index (κ2) is 12.2. The number of aromatic nitrogens is 2. The number of halogens is 1. The van der Waals surface area contributed by atoms with Gasteiger partial charge in [-0.1, -0.05) is 36.4 Å². The minimum absolute atomic E-state index is 0.232. The molecule has 4 aromatic rings. The SMILES string of the molecule is Nc1ccccc1NC(=O)NSCCN1CCC(Nc2nc3ccccc3n2Cc2ccc(F)cc2)CC1. The molecule has 0 bridgehead atoms. The second-order valence-corrected chi connectivity index (χ2v) is 10.3. The first-order valence-corrected chi connectivity index (χ1v) is 13.8. The zero-order chi connectivity index (χ0) is 26.3. The Labute approximate surface area is 225 Å². The number of rotatable bonds is 9. The zero-order valence-corrected chi connectivity index (χ0v) is 21.9. The number of hydrogen-bond acceptors (Lipinski definition) is 6. The molecule has 1 saturated heterocycles. The molecule has 1 aromatic heterocycles. The van der Waals surface area contributed by atoms with Gasteiger partial charge in [0.2, 0.25) is 5.95 Å². The van der Waals surface area contributed by atoms with Gasteiger partial charge in [-0.15, -0.1) is 0 Å². The number of hydrogen-bond donors (Lipinski definition) is 4. The topological polar surface area (TPSA) is 100 Å². The maximum Gasteiger partial charge on any atom is 0.329 e. The van der Waals surface area contributed by atoms with Crippen LogP contribution in [0.4, 0.5) is 26.5 Å². The Balaban J connectivity index is 1.09. The molecular weight excluding hydrogens is 501 g/mol. The fourth-order valence-corrected chi connectivity index (χ4v) is 5.29. The van der Waals surface area contributed by atoms with Crippen molar-refractivity contribution in [3.63, 3.8) is 0 Å². The average Bonchev–Trinajstić information content (AvgIpc) is 3.27. The maximum atomic E-state index is 13.4. The van der Waals surface area contributed by atoms with Gasteiger partial charge < -0.3 is 25.8 Å². The van der Waals surface area contributed by atoms with Crippen molar-refractivity contribution in [2.45, 2.75) is 25.4 Å². The number of carbonyl (C=O) groups is 1. The van der Waals surface area contributed by atoms with Crippen LogP contribution in [0.3, 0.4) is 0 Å². The first-order valence-electron chi connectivity index (χ1n) is 12.8. The molecule has 2 amide bonds. The lowest BCUT2D eigenvalue weighted by Gasteiger charge is -2.32. The molecule has 3 aromatic carbocycles. The lowest BCUT2D eigenvalue weighted by molar-refractivity contribution is 0.231. The molecule has 5 N–H and O–H groups in total. The third-order valence-electron chi connectivity index (χ3n) is 6.71. The third kappa shape index (κ3) is 6.56. The summed E-state index contributed by atoms with van der Waals surface area (Å²) in [5.41, 5.74) is 10.0. The number of amides is 2. The van der Waals surface area contributed by atoms with E-state index in [-0.39, 0.29) is 11.8 Å². The maximum absolute atomic E-state index is 13.4. The lowest BCUT2D eigenvalue weighted by Crippen LogP contribution is -2.40. The van der Waals surface area contributed by atoms with Gasteiger partial charge in [-0.2, -0.15) is 0 Å². The molecule has 1 fully saturated rings. The normalized spacial score (nSPS) is 14.4. The van der Waals surface area contributed by atoms with Crippen LogP contribution < -0.4 is 21.1 Å². The van der Waals surface area contributed by atoms with Crippen LogP contribution in [0.5, 0.6) is 0 Å². The van der Waals surface area contributed by atoms with Crippen molar-refractivity contribution in [2.24, 2.45) is 0 Å². The van der Waals surface area contributed by atoms with Crippen molar-refractivity contribution >= 4 is 46.3 Å². The number of anilines is 3. The largest absolute Gasteiger partial charge is 0.397 e. The molecule has 0 spiro atoms. The van der Waals surface area contributed by atoms with E-state index >= 15 is 0 Å². The number of benzene rings is 3. The van der Waals surface area contributed by atoms with Crippen molar-refractivity contribution in [2.75, 3.05) is 41.8 Å². The van der Waals surface area contributed by atoms with Crippen LogP contribution in [0.15, 0.2) is 72.8 Å². The van der Waals surface area contributed by atoms with Crippen LogP contribution >= 0.6 is 11.9 Å². The Morgan fingerprint density at radius 1 is 1.03 bits per heavy atom. The molecule has 8 nitrogen and oxygen atoms in total. The summed E-state index contributed by atoms with van der Waals surface area (Å²) in [6.45, 7) is 3.47.